The van der Waals surface area contributed by atoms with Crippen LogP contribution in [0.15, 0.2) is 172 Å². The van der Waals surface area contributed by atoms with E-state index in [0.29, 0.717) is 5.92 Å². The molecule has 2 heterocycles. The van der Waals surface area contributed by atoms with E-state index in [0.717, 1.165) is 40.6 Å². The van der Waals surface area contributed by atoms with Crippen LogP contribution in [0.3, 0.4) is 0 Å². The van der Waals surface area contributed by atoms with Gasteiger partial charge in [0, 0.05) is 45.4 Å². The fourth-order valence-corrected chi connectivity index (χ4v) is 9.68. The van der Waals surface area contributed by atoms with E-state index in [1.54, 1.807) is 0 Å². The molecule has 0 aliphatic heterocycles. The lowest BCUT2D eigenvalue weighted by atomic mass is 9.74. The first-order valence-corrected chi connectivity index (χ1v) is 19.0. The van der Waals surface area contributed by atoms with Gasteiger partial charge in [-0.15, -0.1) is 0 Å². The highest BCUT2D eigenvalue weighted by Crippen LogP contribution is 2.46. The first-order chi connectivity index (χ1) is 26.8. The molecule has 2 nitrogen and oxygen atoms in total. The molecule has 0 radical (unpaired) electrons. The summed E-state index contributed by atoms with van der Waals surface area (Å²) in [5, 5.41) is 11.1. The third kappa shape index (κ3) is 4.34. The quantitative estimate of drug-likeness (QED) is 0.173. The molecule has 0 saturated carbocycles. The first kappa shape index (κ1) is 29.9. The van der Waals surface area contributed by atoms with Gasteiger partial charge in [0.2, 0.25) is 0 Å². The van der Waals surface area contributed by atoms with Gasteiger partial charge < -0.3 is 8.83 Å². The summed E-state index contributed by atoms with van der Waals surface area (Å²) in [6.07, 6.45) is 15.7. The maximum absolute atomic E-state index is 6.69. The van der Waals surface area contributed by atoms with Gasteiger partial charge in [-0.25, -0.2) is 0 Å². The molecule has 0 amide bonds. The van der Waals surface area contributed by atoms with Gasteiger partial charge in [0.25, 0.3) is 0 Å². The summed E-state index contributed by atoms with van der Waals surface area (Å²) < 4.78 is 13.3. The summed E-state index contributed by atoms with van der Waals surface area (Å²) in [5.74, 6) is 1.60. The summed E-state index contributed by atoms with van der Waals surface area (Å²) >= 11 is 0. The molecule has 3 aliphatic carbocycles. The average Bonchev–Trinajstić information content (AvgIpc) is 3.79. The van der Waals surface area contributed by atoms with E-state index < -0.39 is 0 Å². The van der Waals surface area contributed by atoms with Crippen LogP contribution in [-0.4, -0.2) is 0 Å². The zero-order valence-corrected chi connectivity index (χ0v) is 29.6. The number of para-hydroxylation sites is 1. The monoisotopic (exact) mass is 690 g/mol. The molecule has 2 aromatic heterocycles. The van der Waals surface area contributed by atoms with E-state index >= 15 is 0 Å². The molecule has 3 aliphatic rings. The van der Waals surface area contributed by atoms with E-state index in [9.17, 15) is 0 Å². The highest BCUT2D eigenvalue weighted by Gasteiger charge is 2.31. The summed E-state index contributed by atoms with van der Waals surface area (Å²) in [4.78, 5) is 0. The molecule has 2 heteroatoms. The number of hydrogen-bond acceptors (Lipinski definition) is 2. The van der Waals surface area contributed by atoms with Crippen molar-refractivity contribution >= 4 is 72.0 Å². The third-order valence-corrected chi connectivity index (χ3v) is 12.1. The molecule has 0 N–H and O–H groups in total. The molecule has 7 aromatic carbocycles. The molecule has 12 rings (SSSR count). The Morgan fingerprint density at radius 3 is 1.91 bits per heavy atom. The van der Waals surface area contributed by atoms with Crippen LogP contribution in [0.4, 0.5) is 0 Å². The van der Waals surface area contributed by atoms with Crippen molar-refractivity contribution in [2.24, 2.45) is 11.8 Å². The maximum Gasteiger partial charge on any atom is 0.139 e. The topological polar surface area (TPSA) is 26.3 Å². The lowest BCUT2D eigenvalue weighted by Gasteiger charge is -2.29. The molecule has 2 unspecified atom stereocenters. The standard InChI is InChI=1S/C52H34O2/c1-2-12-32-27-34(22-21-31(32)11-1)49-39-16-5-7-18-41(39)50(42-19-8-6-17-40(42)49)35-23-25-47-43(29-35)44-30-36(24-26-48(44)53-47)51-37-14-4-3-13-33(37)28-45-38-15-9-10-20-46(38)54-52(45)51/h1-23,25,27-30,33,37H,24,26H2. The van der Waals surface area contributed by atoms with E-state index in [4.69, 9.17) is 8.83 Å². The second-order valence-corrected chi connectivity index (χ2v) is 15.0. The Morgan fingerprint density at radius 1 is 0.500 bits per heavy atom. The molecule has 9 aromatic rings. The molecule has 0 saturated heterocycles. The second kappa shape index (κ2) is 11.4. The second-order valence-electron chi connectivity index (χ2n) is 15.0. The van der Waals surface area contributed by atoms with E-state index in [2.05, 4.69) is 170 Å². The maximum atomic E-state index is 6.69. The van der Waals surface area contributed by atoms with Crippen molar-refractivity contribution in [3.63, 3.8) is 0 Å². The lowest BCUT2D eigenvalue weighted by Crippen LogP contribution is -2.35. The predicted octanol–water partition coefficient (Wildman–Crippen LogP) is 12.3. The lowest BCUT2D eigenvalue weighted by molar-refractivity contribution is 0.538. The minimum atomic E-state index is 0.239. The molecule has 0 spiro atoms. The molecular weight excluding hydrogens is 657 g/mol. The van der Waals surface area contributed by atoms with Gasteiger partial charge in [0.05, 0.1) is 0 Å². The van der Waals surface area contributed by atoms with E-state index in [-0.39, 0.29) is 5.92 Å². The Morgan fingerprint density at radius 2 is 1.13 bits per heavy atom. The van der Waals surface area contributed by atoms with E-state index in [1.807, 2.05) is 0 Å². The number of hydrogen-bond donors (Lipinski definition) is 0. The van der Waals surface area contributed by atoms with Crippen molar-refractivity contribution in [1.82, 2.24) is 0 Å². The van der Waals surface area contributed by atoms with Crippen molar-refractivity contribution in [3.8, 4) is 22.3 Å². The number of furan rings is 2. The van der Waals surface area contributed by atoms with Crippen molar-refractivity contribution in [1.29, 1.82) is 0 Å². The minimum absolute atomic E-state index is 0.239. The first-order valence-electron chi connectivity index (χ1n) is 19.0. The van der Waals surface area contributed by atoms with Crippen molar-refractivity contribution in [2.75, 3.05) is 0 Å². The number of rotatable bonds is 3. The summed E-state index contributed by atoms with van der Waals surface area (Å²) in [7, 11) is 0. The van der Waals surface area contributed by atoms with Crippen molar-refractivity contribution in [3.05, 3.63) is 185 Å². The van der Waals surface area contributed by atoms with Gasteiger partial charge in [0.1, 0.15) is 22.3 Å². The van der Waals surface area contributed by atoms with Gasteiger partial charge in [-0.2, -0.15) is 0 Å². The highest BCUT2D eigenvalue weighted by atomic mass is 16.3. The van der Waals surface area contributed by atoms with Crippen LogP contribution in [-0.2, 0) is 6.42 Å². The van der Waals surface area contributed by atoms with Gasteiger partial charge in [-0.05, 0) is 96.9 Å². The number of allylic oxidation sites excluding steroid dienone is 5. The van der Waals surface area contributed by atoms with Crippen LogP contribution in [0.1, 0.15) is 17.7 Å². The zero-order valence-electron chi connectivity index (χ0n) is 29.6. The average molecular weight is 691 g/mol. The van der Waals surface area contributed by atoms with Crippen molar-refractivity contribution in [2.45, 2.75) is 12.8 Å². The van der Waals surface area contributed by atoms with Gasteiger partial charge in [-0.1, -0.05) is 140 Å². The molecule has 0 bridgehead atoms. The smallest absolute Gasteiger partial charge is 0.139 e. The van der Waals surface area contributed by atoms with Gasteiger partial charge in [-0.3, -0.25) is 0 Å². The Hall–Kier alpha value is -6.64. The van der Waals surface area contributed by atoms with Crippen LogP contribution < -0.4 is 10.6 Å². The zero-order chi connectivity index (χ0) is 35.3. The van der Waals surface area contributed by atoms with Crippen molar-refractivity contribution < 1.29 is 8.83 Å². The third-order valence-electron chi connectivity index (χ3n) is 12.1. The Kier molecular flexibility index (Phi) is 6.32. The fourth-order valence-electron chi connectivity index (χ4n) is 9.68. The predicted molar refractivity (Wildman–Crippen MR) is 224 cm³/mol. The fraction of sp³-hybridized carbons (Fsp3) is 0.0769. The molecular formula is C52H34O2. The molecule has 54 heavy (non-hydrogen) atoms. The van der Waals surface area contributed by atoms with Gasteiger partial charge in [0.15, 0.2) is 0 Å². The van der Waals surface area contributed by atoms with Crippen LogP contribution >= 0.6 is 0 Å². The van der Waals surface area contributed by atoms with Crippen LogP contribution in [0, 0.1) is 11.8 Å². The summed E-state index contributed by atoms with van der Waals surface area (Å²) in [6, 6.07) is 48.6. The van der Waals surface area contributed by atoms with E-state index in [1.165, 1.54) is 81.9 Å². The number of benzene rings is 7. The Bertz CT molecular complexity index is 3230. The summed E-state index contributed by atoms with van der Waals surface area (Å²) in [6.45, 7) is 0. The normalized spacial score (nSPS) is 17.6. The van der Waals surface area contributed by atoms with Crippen LogP contribution in [0.5, 0.6) is 0 Å². The largest absolute Gasteiger partial charge is 0.460 e. The molecule has 2 atom stereocenters. The summed E-state index contributed by atoms with van der Waals surface area (Å²) in [5.41, 5.74) is 11.7. The van der Waals surface area contributed by atoms with Gasteiger partial charge >= 0.3 is 0 Å². The number of fused-ring (bicyclic) bond motifs is 10. The molecule has 254 valence electrons. The Labute approximate surface area is 312 Å². The highest BCUT2D eigenvalue weighted by molar-refractivity contribution is 6.22. The number of aryl methyl sites for hydroxylation is 1. The SMILES string of the molecule is C1=CC2C=c3c(oc4ccccc34)=C(C3=Cc4c(oc5ccc(-c6c7ccccc7c(-c7ccc8ccccc8c7)c7ccccc67)cc45)CC3)C2C=C1. The van der Waals surface area contributed by atoms with Crippen LogP contribution in [0.2, 0.25) is 0 Å². The van der Waals surface area contributed by atoms with Crippen LogP contribution in [0.25, 0.3) is 94.2 Å². The minimum Gasteiger partial charge on any atom is -0.460 e. The Balaban J connectivity index is 1.07. The molecule has 0 fully saturated rings.